The summed E-state index contributed by atoms with van der Waals surface area (Å²) >= 11 is 6.06. The number of hydrogen-bond donors (Lipinski definition) is 0. The van der Waals surface area contributed by atoms with Gasteiger partial charge in [-0.15, -0.1) is 0 Å². The largest absolute Gasteiger partial charge is 0.484 e. The van der Waals surface area contributed by atoms with Crippen LogP contribution in [-0.4, -0.2) is 37.0 Å². The van der Waals surface area contributed by atoms with E-state index in [9.17, 15) is 18.0 Å². The van der Waals surface area contributed by atoms with E-state index in [4.69, 9.17) is 20.8 Å². The van der Waals surface area contributed by atoms with Gasteiger partial charge < -0.3 is 19.0 Å². The molecule has 0 aliphatic carbocycles. The number of hydrogen-bond acceptors (Lipinski definition) is 4. The summed E-state index contributed by atoms with van der Waals surface area (Å²) in [5.41, 5.74) is -0.195. The van der Waals surface area contributed by atoms with Crippen molar-refractivity contribution < 1.29 is 27.1 Å². The third kappa shape index (κ3) is 5.02. The quantitative estimate of drug-likeness (QED) is 0.500. The van der Waals surface area contributed by atoms with E-state index < -0.39 is 11.7 Å². The Hall–Kier alpha value is -3.13. The van der Waals surface area contributed by atoms with Crippen molar-refractivity contribution in [2.24, 2.45) is 0 Å². The molecule has 4 rings (SSSR count). The maximum atomic E-state index is 13.0. The Morgan fingerprint density at radius 3 is 2.47 bits per heavy atom. The molecule has 1 fully saturated rings. The van der Waals surface area contributed by atoms with Crippen molar-refractivity contribution in [3.8, 4) is 5.75 Å². The number of amides is 1. The second-order valence-electron chi connectivity index (χ2n) is 7.31. The first-order chi connectivity index (χ1) is 15.3. The van der Waals surface area contributed by atoms with Gasteiger partial charge in [0.2, 0.25) is 0 Å². The van der Waals surface area contributed by atoms with Gasteiger partial charge in [0.1, 0.15) is 18.1 Å². The normalized spacial score (nSPS) is 14.5. The molecule has 0 saturated carbocycles. The standard InChI is InChI=1S/C23H20ClF3N2O3/c24-19-6-1-2-7-20(19)31-15-18-8-9-21(32-18)22(30)29-12-10-28(11-13-29)17-5-3-4-16(14-17)23(25,26)27/h1-9,14H,10-13,15H2. The SMILES string of the molecule is O=C(c1ccc(COc2ccccc2Cl)o1)N1CCN(c2cccc(C(F)(F)F)c2)CC1. The molecule has 0 atom stereocenters. The van der Waals surface area contributed by atoms with Crippen LogP contribution in [0.1, 0.15) is 21.9 Å². The zero-order valence-electron chi connectivity index (χ0n) is 16.9. The van der Waals surface area contributed by atoms with Crippen LogP contribution in [0.25, 0.3) is 0 Å². The van der Waals surface area contributed by atoms with Crippen molar-refractivity contribution in [1.29, 1.82) is 0 Å². The number of carbonyl (C=O) groups excluding carboxylic acids is 1. The number of benzene rings is 2. The number of para-hydroxylation sites is 1. The summed E-state index contributed by atoms with van der Waals surface area (Å²) in [5, 5.41) is 0.481. The lowest BCUT2D eigenvalue weighted by molar-refractivity contribution is -0.137. The Morgan fingerprint density at radius 1 is 1.00 bits per heavy atom. The minimum absolute atomic E-state index is 0.125. The number of nitrogens with zero attached hydrogens (tertiary/aromatic N) is 2. The van der Waals surface area contributed by atoms with Crippen molar-refractivity contribution in [2.45, 2.75) is 12.8 Å². The van der Waals surface area contributed by atoms with E-state index in [2.05, 4.69) is 0 Å². The number of rotatable bonds is 5. The van der Waals surface area contributed by atoms with Crippen LogP contribution in [-0.2, 0) is 12.8 Å². The summed E-state index contributed by atoms with van der Waals surface area (Å²) in [6, 6.07) is 15.5. The number of ether oxygens (including phenoxy) is 1. The minimum Gasteiger partial charge on any atom is -0.484 e. The molecule has 1 saturated heterocycles. The molecule has 1 amide bonds. The lowest BCUT2D eigenvalue weighted by Gasteiger charge is -2.36. The van der Waals surface area contributed by atoms with E-state index in [1.54, 1.807) is 47.4 Å². The predicted molar refractivity (Wildman–Crippen MR) is 114 cm³/mol. The third-order valence-corrected chi connectivity index (χ3v) is 5.50. The van der Waals surface area contributed by atoms with Crippen LogP contribution >= 0.6 is 11.6 Å². The number of piperazine rings is 1. The molecule has 3 aromatic rings. The van der Waals surface area contributed by atoms with Crippen LogP contribution in [0.3, 0.4) is 0 Å². The number of carbonyl (C=O) groups is 1. The molecular formula is C23H20ClF3N2O3. The van der Waals surface area contributed by atoms with Crippen molar-refractivity contribution in [2.75, 3.05) is 31.1 Å². The van der Waals surface area contributed by atoms with E-state index in [0.717, 1.165) is 12.1 Å². The average molecular weight is 465 g/mol. The topological polar surface area (TPSA) is 45.9 Å². The molecule has 1 aromatic heterocycles. The molecule has 0 radical (unpaired) electrons. The molecule has 5 nitrogen and oxygen atoms in total. The van der Waals surface area contributed by atoms with Crippen LogP contribution in [0, 0.1) is 0 Å². The van der Waals surface area contributed by atoms with Gasteiger partial charge in [-0.2, -0.15) is 13.2 Å². The first kappa shape index (κ1) is 22.1. The maximum absolute atomic E-state index is 13.0. The average Bonchev–Trinajstić information content (AvgIpc) is 3.27. The van der Waals surface area contributed by atoms with Crippen LogP contribution in [0.5, 0.6) is 5.75 Å². The summed E-state index contributed by atoms with van der Waals surface area (Å²) in [6.07, 6.45) is -4.39. The van der Waals surface area contributed by atoms with Crippen molar-refractivity contribution in [3.05, 3.63) is 82.8 Å². The highest BCUT2D eigenvalue weighted by molar-refractivity contribution is 6.32. The molecule has 9 heteroatoms. The highest BCUT2D eigenvalue weighted by Crippen LogP contribution is 2.32. The van der Waals surface area contributed by atoms with E-state index in [1.165, 1.54) is 6.07 Å². The Morgan fingerprint density at radius 2 is 1.75 bits per heavy atom. The van der Waals surface area contributed by atoms with Gasteiger partial charge in [0.25, 0.3) is 5.91 Å². The van der Waals surface area contributed by atoms with Crippen molar-refractivity contribution >= 4 is 23.2 Å². The van der Waals surface area contributed by atoms with Crippen LogP contribution < -0.4 is 9.64 Å². The molecule has 168 valence electrons. The molecule has 0 N–H and O–H groups in total. The monoisotopic (exact) mass is 464 g/mol. The minimum atomic E-state index is -4.39. The van der Waals surface area contributed by atoms with Crippen LogP contribution in [0.2, 0.25) is 5.02 Å². The van der Waals surface area contributed by atoms with Gasteiger partial charge in [0.05, 0.1) is 10.6 Å². The molecule has 1 aliphatic rings. The molecule has 0 unspecified atom stereocenters. The molecule has 32 heavy (non-hydrogen) atoms. The fraction of sp³-hybridized carbons (Fsp3) is 0.261. The highest BCUT2D eigenvalue weighted by Gasteiger charge is 2.31. The van der Waals surface area contributed by atoms with Gasteiger partial charge in [0, 0.05) is 31.9 Å². The highest BCUT2D eigenvalue weighted by atomic mass is 35.5. The molecule has 0 spiro atoms. The second-order valence-corrected chi connectivity index (χ2v) is 7.72. The fourth-order valence-electron chi connectivity index (χ4n) is 3.48. The van der Waals surface area contributed by atoms with Gasteiger partial charge in [-0.05, 0) is 42.5 Å². The number of alkyl halides is 3. The summed E-state index contributed by atoms with van der Waals surface area (Å²) in [5.74, 6) is 0.924. The molecule has 2 heterocycles. The summed E-state index contributed by atoms with van der Waals surface area (Å²) in [7, 11) is 0. The molecule has 1 aliphatic heterocycles. The zero-order chi connectivity index (χ0) is 22.7. The summed E-state index contributed by atoms with van der Waals surface area (Å²) in [6.45, 7) is 1.73. The smallest absolute Gasteiger partial charge is 0.416 e. The molecule has 0 bridgehead atoms. The van der Waals surface area contributed by atoms with Crippen LogP contribution in [0.15, 0.2) is 65.1 Å². The summed E-state index contributed by atoms with van der Waals surface area (Å²) < 4.78 is 50.1. The van der Waals surface area contributed by atoms with E-state index in [-0.39, 0.29) is 18.3 Å². The van der Waals surface area contributed by atoms with Crippen molar-refractivity contribution in [3.63, 3.8) is 0 Å². The van der Waals surface area contributed by atoms with E-state index in [1.807, 2.05) is 4.90 Å². The van der Waals surface area contributed by atoms with Gasteiger partial charge in [-0.25, -0.2) is 0 Å². The van der Waals surface area contributed by atoms with Gasteiger partial charge in [0.15, 0.2) is 5.76 Å². The number of anilines is 1. The number of furan rings is 1. The first-order valence-corrected chi connectivity index (χ1v) is 10.4. The van der Waals surface area contributed by atoms with E-state index >= 15 is 0 Å². The predicted octanol–water partition coefficient (Wildman–Crippen LogP) is 5.49. The number of halogens is 4. The zero-order valence-corrected chi connectivity index (χ0v) is 17.7. The van der Waals surface area contributed by atoms with Gasteiger partial charge in [-0.1, -0.05) is 29.8 Å². The van der Waals surface area contributed by atoms with Crippen molar-refractivity contribution in [1.82, 2.24) is 4.90 Å². The lowest BCUT2D eigenvalue weighted by atomic mass is 10.1. The molecular weight excluding hydrogens is 445 g/mol. The fourth-order valence-corrected chi connectivity index (χ4v) is 3.67. The lowest BCUT2D eigenvalue weighted by Crippen LogP contribution is -2.48. The Balaban J connectivity index is 1.33. The first-order valence-electron chi connectivity index (χ1n) is 9.99. The van der Waals surface area contributed by atoms with Crippen LogP contribution in [0.4, 0.5) is 18.9 Å². The third-order valence-electron chi connectivity index (χ3n) is 5.18. The Labute approximate surface area is 187 Å². The molecule has 2 aromatic carbocycles. The van der Waals surface area contributed by atoms with Gasteiger partial charge in [-0.3, -0.25) is 4.79 Å². The van der Waals surface area contributed by atoms with E-state index in [0.29, 0.717) is 48.4 Å². The maximum Gasteiger partial charge on any atom is 0.416 e. The second kappa shape index (κ2) is 9.16. The summed E-state index contributed by atoms with van der Waals surface area (Å²) in [4.78, 5) is 16.2. The Bertz CT molecular complexity index is 1090. The Kier molecular flexibility index (Phi) is 6.32. The van der Waals surface area contributed by atoms with Gasteiger partial charge >= 0.3 is 6.18 Å².